The predicted octanol–water partition coefficient (Wildman–Crippen LogP) is 3.71. The Morgan fingerprint density at radius 3 is 2.90 bits per heavy atom. The summed E-state index contributed by atoms with van der Waals surface area (Å²) >= 11 is 2.25. The molecule has 2 aromatic rings. The van der Waals surface area contributed by atoms with Crippen molar-refractivity contribution in [1.29, 1.82) is 5.26 Å². The molecule has 0 atom stereocenters. The molecule has 20 heavy (non-hydrogen) atoms. The molecule has 0 aliphatic rings. The molecule has 0 saturated heterocycles. The molecule has 102 valence electrons. The first kappa shape index (κ1) is 14.7. The smallest absolute Gasteiger partial charge is 0.145 e. The van der Waals surface area contributed by atoms with Crippen molar-refractivity contribution in [2.45, 2.75) is 12.8 Å². The second kappa shape index (κ2) is 7.20. The van der Waals surface area contributed by atoms with E-state index in [1.807, 2.05) is 12.1 Å². The Kier molecular flexibility index (Phi) is 5.30. The fraction of sp³-hybridized carbons (Fsp3) is 0.200. The number of aromatic nitrogens is 1. The molecule has 2 rings (SSSR count). The van der Waals surface area contributed by atoms with Gasteiger partial charge in [-0.1, -0.05) is 0 Å². The van der Waals surface area contributed by atoms with Crippen molar-refractivity contribution < 1.29 is 9.13 Å². The molecule has 0 radical (unpaired) electrons. The summed E-state index contributed by atoms with van der Waals surface area (Å²) in [5.41, 5.74) is 1.79. The van der Waals surface area contributed by atoms with Gasteiger partial charge in [0.2, 0.25) is 0 Å². The minimum absolute atomic E-state index is 0.404. The van der Waals surface area contributed by atoms with Gasteiger partial charge in [-0.3, -0.25) is 4.98 Å². The van der Waals surface area contributed by atoms with E-state index in [-0.39, 0.29) is 0 Å². The number of benzene rings is 1. The van der Waals surface area contributed by atoms with Crippen LogP contribution < -0.4 is 4.74 Å². The van der Waals surface area contributed by atoms with Gasteiger partial charge < -0.3 is 4.74 Å². The Hall–Kier alpha value is -1.68. The minimum Gasteiger partial charge on any atom is -0.492 e. The molecule has 3 nitrogen and oxygen atoms in total. The van der Waals surface area contributed by atoms with Crippen molar-refractivity contribution in [2.75, 3.05) is 6.61 Å². The molecule has 0 N–H and O–H groups in total. The SMILES string of the molecule is N#Cc1ccc(I)c(CCCOc2cncc(F)c2)c1. The van der Waals surface area contributed by atoms with Crippen LogP contribution in [0, 0.1) is 20.7 Å². The lowest BCUT2D eigenvalue weighted by molar-refractivity contribution is 0.308. The molecule has 0 aliphatic heterocycles. The molecule has 0 spiro atoms. The highest BCUT2D eigenvalue weighted by molar-refractivity contribution is 14.1. The van der Waals surface area contributed by atoms with E-state index in [4.69, 9.17) is 10.00 Å². The fourth-order valence-electron chi connectivity index (χ4n) is 1.76. The maximum atomic E-state index is 12.9. The van der Waals surface area contributed by atoms with Gasteiger partial charge in [-0.2, -0.15) is 5.26 Å². The molecule has 0 saturated carbocycles. The number of nitriles is 1. The highest BCUT2D eigenvalue weighted by Gasteiger charge is 2.02. The second-order valence-electron chi connectivity index (χ2n) is 4.21. The molecular formula is C15H12FIN2O. The fourth-order valence-corrected chi connectivity index (χ4v) is 2.36. The summed E-state index contributed by atoms with van der Waals surface area (Å²) in [6.07, 6.45) is 4.24. The first-order chi connectivity index (χ1) is 9.69. The lowest BCUT2D eigenvalue weighted by atomic mass is 10.1. The van der Waals surface area contributed by atoms with Crippen molar-refractivity contribution in [1.82, 2.24) is 4.98 Å². The van der Waals surface area contributed by atoms with Crippen LogP contribution in [0.5, 0.6) is 5.75 Å². The van der Waals surface area contributed by atoms with Crippen LogP contribution in [-0.4, -0.2) is 11.6 Å². The van der Waals surface area contributed by atoms with Crippen LogP contribution in [0.3, 0.4) is 0 Å². The monoisotopic (exact) mass is 382 g/mol. The van der Waals surface area contributed by atoms with E-state index >= 15 is 0 Å². The molecule has 0 unspecified atom stereocenters. The highest BCUT2D eigenvalue weighted by Crippen LogP contribution is 2.16. The number of hydrogen-bond acceptors (Lipinski definition) is 3. The zero-order valence-electron chi connectivity index (χ0n) is 10.6. The van der Waals surface area contributed by atoms with Crippen molar-refractivity contribution in [3.05, 3.63) is 57.2 Å². The molecule has 1 heterocycles. The summed E-state index contributed by atoms with van der Waals surface area (Å²) in [6, 6.07) is 9.08. The van der Waals surface area contributed by atoms with Crippen molar-refractivity contribution >= 4 is 22.6 Å². The van der Waals surface area contributed by atoms with E-state index in [0.717, 1.165) is 28.2 Å². The molecule has 0 fully saturated rings. The normalized spacial score (nSPS) is 10.1. The van der Waals surface area contributed by atoms with Gasteiger partial charge in [-0.25, -0.2) is 4.39 Å². The van der Waals surface area contributed by atoms with E-state index < -0.39 is 5.82 Å². The van der Waals surface area contributed by atoms with Crippen LogP contribution in [0.4, 0.5) is 4.39 Å². The third kappa shape index (κ3) is 4.17. The van der Waals surface area contributed by atoms with Gasteiger partial charge in [-0.15, -0.1) is 0 Å². The molecule has 1 aromatic carbocycles. The minimum atomic E-state index is -0.404. The average Bonchev–Trinajstić information content (AvgIpc) is 2.45. The number of halogens is 2. The zero-order chi connectivity index (χ0) is 14.4. The standard InChI is InChI=1S/C15H12FIN2O/c16-13-7-14(10-19-9-13)20-5-1-2-12-6-11(8-18)3-4-15(12)17/h3-4,6-7,9-10H,1-2,5H2. The molecule has 0 aliphatic carbocycles. The topological polar surface area (TPSA) is 45.9 Å². The number of pyridine rings is 1. The van der Waals surface area contributed by atoms with Gasteiger partial charge in [0, 0.05) is 9.64 Å². The first-order valence-corrected chi connectivity index (χ1v) is 7.19. The van der Waals surface area contributed by atoms with E-state index in [1.54, 1.807) is 6.07 Å². The Labute approximate surface area is 130 Å². The lowest BCUT2D eigenvalue weighted by Crippen LogP contribution is -2.01. The highest BCUT2D eigenvalue weighted by atomic mass is 127. The van der Waals surface area contributed by atoms with Crippen LogP contribution in [-0.2, 0) is 6.42 Å². The van der Waals surface area contributed by atoms with Gasteiger partial charge in [0.25, 0.3) is 0 Å². The number of hydrogen-bond donors (Lipinski definition) is 0. The van der Waals surface area contributed by atoms with Crippen molar-refractivity contribution in [2.24, 2.45) is 0 Å². The van der Waals surface area contributed by atoms with Crippen LogP contribution in [0.1, 0.15) is 17.5 Å². The third-order valence-electron chi connectivity index (χ3n) is 2.71. The van der Waals surface area contributed by atoms with Crippen molar-refractivity contribution in [3.8, 4) is 11.8 Å². The number of nitrogens with zero attached hydrogens (tertiary/aromatic N) is 2. The number of rotatable bonds is 5. The number of aryl methyl sites for hydroxylation is 1. The molecule has 0 bridgehead atoms. The molecule has 0 amide bonds. The predicted molar refractivity (Wildman–Crippen MR) is 81.9 cm³/mol. The first-order valence-electron chi connectivity index (χ1n) is 6.11. The maximum absolute atomic E-state index is 12.9. The quantitative estimate of drug-likeness (QED) is 0.585. The van der Waals surface area contributed by atoms with E-state index in [1.165, 1.54) is 12.3 Å². The van der Waals surface area contributed by atoms with E-state index in [9.17, 15) is 4.39 Å². The van der Waals surface area contributed by atoms with Gasteiger partial charge in [-0.05, 0) is 59.2 Å². The largest absolute Gasteiger partial charge is 0.492 e. The van der Waals surface area contributed by atoms with Crippen LogP contribution in [0.25, 0.3) is 0 Å². The van der Waals surface area contributed by atoms with Gasteiger partial charge in [0.15, 0.2) is 0 Å². The summed E-state index contributed by atoms with van der Waals surface area (Å²) in [4.78, 5) is 3.72. The molecule has 1 aromatic heterocycles. The van der Waals surface area contributed by atoms with Crippen LogP contribution in [0.2, 0.25) is 0 Å². The molecular weight excluding hydrogens is 370 g/mol. The van der Waals surface area contributed by atoms with Crippen LogP contribution >= 0.6 is 22.6 Å². The average molecular weight is 382 g/mol. The van der Waals surface area contributed by atoms with Gasteiger partial charge >= 0.3 is 0 Å². The van der Waals surface area contributed by atoms with E-state index in [2.05, 4.69) is 33.6 Å². The Balaban J connectivity index is 1.86. The zero-order valence-corrected chi connectivity index (χ0v) is 12.8. The van der Waals surface area contributed by atoms with Gasteiger partial charge in [0.05, 0.1) is 30.6 Å². The second-order valence-corrected chi connectivity index (χ2v) is 5.37. The summed E-state index contributed by atoms with van der Waals surface area (Å²) < 4.78 is 19.5. The summed E-state index contributed by atoms with van der Waals surface area (Å²) in [7, 11) is 0. The Bertz CT molecular complexity index is 640. The van der Waals surface area contributed by atoms with E-state index in [0.29, 0.717) is 17.9 Å². The lowest BCUT2D eigenvalue weighted by Gasteiger charge is -2.07. The van der Waals surface area contributed by atoms with Crippen molar-refractivity contribution in [3.63, 3.8) is 0 Å². The maximum Gasteiger partial charge on any atom is 0.145 e. The molecule has 5 heteroatoms. The Morgan fingerprint density at radius 1 is 1.30 bits per heavy atom. The van der Waals surface area contributed by atoms with Crippen LogP contribution in [0.15, 0.2) is 36.7 Å². The summed E-state index contributed by atoms with van der Waals surface area (Å²) in [5.74, 6) is 0.0317. The Morgan fingerprint density at radius 2 is 2.15 bits per heavy atom. The summed E-state index contributed by atoms with van der Waals surface area (Å²) in [5, 5.41) is 8.88. The van der Waals surface area contributed by atoms with Gasteiger partial charge in [0.1, 0.15) is 11.6 Å². The third-order valence-corrected chi connectivity index (χ3v) is 3.77. The summed E-state index contributed by atoms with van der Waals surface area (Å²) in [6.45, 7) is 0.484. The number of ether oxygens (including phenoxy) is 1.